The predicted octanol–water partition coefficient (Wildman–Crippen LogP) is 1.40. The number of halogens is 1. The van der Waals surface area contributed by atoms with E-state index < -0.39 is 5.97 Å². The number of imidazole rings is 1. The van der Waals surface area contributed by atoms with E-state index in [1.54, 1.807) is 17.8 Å². The van der Waals surface area contributed by atoms with E-state index in [-0.39, 0.29) is 11.6 Å². The Balaban J connectivity index is 2.12. The van der Waals surface area contributed by atoms with E-state index >= 15 is 0 Å². The molecule has 0 bridgehead atoms. The molecule has 0 spiro atoms. The van der Waals surface area contributed by atoms with Crippen molar-refractivity contribution in [3.63, 3.8) is 0 Å². The molecule has 0 aromatic carbocycles. The molecule has 0 N–H and O–H groups in total. The number of rotatable bonds is 6. The van der Waals surface area contributed by atoms with Crippen LogP contribution in [0.2, 0.25) is 0 Å². The number of hydrogen-bond donors (Lipinski definition) is 0. The number of hydrogen-bond acceptors (Lipinski definition) is 5. The minimum absolute atomic E-state index is 0.157. The van der Waals surface area contributed by atoms with Crippen molar-refractivity contribution >= 4 is 17.6 Å². The first kappa shape index (κ1) is 14.5. The Labute approximate surface area is 121 Å². The highest BCUT2D eigenvalue weighted by atomic mass is 35.5. The zero-order chi connectivity index (χ0) is 14.5. The summed E-state index contributed by atoms with van der Waals surface area (Å²) in [5.41, 5.74) is 0.757. The molecular formula is C12H16ClN5O2. The van der Waals surface area contributed by atoms with Gasteiger partial charge in [0.2, 0.25) is 0 Å². The van der Waals surface area contributed by atoms with Gasteiger partial charge >= 0.3 is 5.97 Å². The second kappa shape index (κ2) is 6.51. The van der Waals surface area contributed by atoms with Gasteiger partial charge in [-0.3, -0.25) is 0 Å². The zero-order valence-electron chi connectivity index (χ0n) is 11.4. The van der Waals surface area contributed by atoms with Crippen LogP contribution in [-0.2, 0) is 23.7 Å². The number of ether oxygens (including phenoxy) is 1. The maximum Gasteiger partial charge on any atom is 0.360 e. The molecule has 8 heteroatoms. The van der Waals surface area contributed by atoms with Gasteiger partial charge in [0.1, 0.15) is 5.82 Å². The van der Waals surface area contributed by atoms with E-state index in [9.17, 15) is 4.79 Å². The number of alkyl halides is 1. The second-order valence-corrected chi connectivity index (χ2v) is 4.40. The molecule has 0 unspecified atom stereocenters. The van der Waals surface area contributed by atoms with Crippen LogP contribution in [0.15, 0.2) is 12.4 Å². The molecule has 0 aliphatic heterocycles. The number of nitrogens with zero attached hydrogens (tertiary/aromatic N) is 5. The maximum absolute atomic E-state index is 11.7. The molecule has 2 aromatic heterocycles. The predicted molar refractivity (Wildman–Crippen MR) is 72.5 cm³/mol. The molecule has 2 rings (SSSR count). The number of aryl methyl sites for hydroxylation is 3. The Morgan fingerprint density at radius 1 is 1.45 bits per heavy atom. The van der Waals surface area contributed by atoms with Gasteiger partial charge in [0.15, 0.2) is 5.69 Å². The molecule has 0 amide bonds. The minimum Gasteiger partial charge on any atom is -0.461 e. The fourth-order valence-corrected chi connectivity index (χ4v) is 2.11. The van der Waals surface area contributed by atoms with Crippen LogP contribution in [0.4, 0.5) is 0 Å². The van der Waals surface area contributed by atoms with Gasteiger partial charge in [-0.2, -0.15) is 0 Å². The van der Waals surface area contributed by atoms with Gasteiger partial charge < -0.3 is 9.30 Å². The van der Waals surface area contributed by atoms with Gasteiger partial charge in [0, 0.05) is 18.9 Å². The van der Waals surface area contributed by atoms with Gasteiger partial charge in [0.05, 0.1) is 24.7 Å². The standard InChI is InChI=1S/C12H16ClN5O2/c1-3-20-12(19)11-10(8-13)18(16-15-11)7-6-17-5-4-14-9(17)2/h4-5H,3,6-8H2,1-2H3. The molecule has 0 aliphatic rings. The highest BCUT2D eigenvalue weighted by Gasteiger charge is 2.19. The van der Waals surface area contributed by atoms with E-state index in [0.29, 0.717) is 25.4 Å². The summed E-state index contributed by atoms with van der Waals surface area (Å²) >= 11 is 5.89. The monoisotopic (exact) mass is 297 g/mol. The van der Waals surface area contributed by atoms with Crippen molar-refractivity contribution in [1.29, 1.82) is 0 Å². The first-order valence-electron chi connectivity index (χ1n) is 6.30. The van der Waals surface area contributed by atoms with Gasteiger partial charge in [-0.1, -0.05) is 5.21 Å². The fraction of sp³-hybridized carbons (Fsp3) is 0.500. The molecule has 20 heavy (non-hydrogen) atoms. The minimum atomic E-state index is -0.492. The Morgan fingerprint density at radius 3 is 2.85 bits per heavy atom. The zero-order valence-corrected chi connectivity index (χ0v) is 12.2. The summed E-state index contributed by atoms with van der Waals surface area (Å²) in [7, 11) is 0. The largest absolute Gasteiger partial charge is 0.461 e. The Bertz CT molecular complexity index is 592. The van der Waals surface area contributed by atoms with E-state index in [0.717, 1.165) is 5.82 Å². The summed E-state index contributed by atoms with van der Waals surface area (Å²) in [6.45, 7) is 5.20. The quantitative estimate of drug-likeness (QED) is 0.595. The summed E-state index contributed by atoms with van der Waals surface area (Å²) < 4.78 is 8.54. The van der Waals surface area contributed by atoms with Crippen molar-refractivity contribution in [2.24, 2.45) is 0 Å². The molecule has 2 aromatic rings. The lowest BCUT2D eigenvalue weighted by atomic mass is 10.3. The first-order chi connectivity index (χ1) is 9.67. The maximum atomic E-state index is 11.7. The molecule has 0 saturated heterocycles. The molecule has 7 nitrogen and oxygen atoms in total. The Morgan fingerprint density at radius 2 is 2.25 bits per heavy atom. The van der Waals surface area contributed by atoms with Crippen molar-refractivity contribution in [1.82, 2.24) is 24.5 Å². The lowest BCUT2D eigenvalue weighted by Crippen LogP contribution is -2.13. The topological polar surface area (TPSA) is 74.8 Å². The second-order valence-electron chi connectivity index (χ2n) is 4.13. The van der Waals surface area contributed by atoms with E-state index in [1.807, 2.05) is 17.7 Å². The van der Waals surface area contributed by atoms with Gasteiger partial charge in [-0.25, -0.2) is 14.5 Å². The molecular weight excluding hydrogens is 282 g/mol. The van der Waals surface area contributed by atoms with Crippen LogP contribution in [-0.4, -0.2) is 37.1 Å². The molecule has 0 saturated carbocycles. The molecule has 0 atom stereocenters. The van der Waals surface area contributed by atoms with Crippen LogP contribution in [0.3, 0.4) is 0 Å². The highest BCUT2D eigenvalue weighted by molar-refractivity contribution is 6.17. The van der Waals surface area contributed by atoms with Gasteiger partial charge in [-0.05, 0) is 13.8 Å². The van der Waals surface area contributed by atoms with Crippen LogP contribution >= 0.6 is 11.6 Å². The van der Waals surface area contributed by atoms with E-state index in [1.165, 1.54) is 0 Å². The number of carbonyl (C=O) groups is 1. The van der Waals surface area contributed by atoms with Gasteiger partial charge in [-0.15, -0.1) is 16.7 Å². The van der Waals surface area contributed by atoms with Crippen molar-refractivity contribution in [2.45, 2.75) is 32.8 Å². The summed E-state index contributed by atoms with van der Waals surface area (Å²) in [6, 6.07) is 0. The van der Waals surface area contributed by atoms with Crippen LogP contribution < -0.4 is 0 Å². The summed E-state index contributed by atoms with van der Waals surface area (Å²) in [6.07, 6.45) is 3.63. The normalized spacial score (nSPS) is 10.8. The third kappa shape index (κ3) is 2.98. The average molecular weight is 298 g/mol. The lowest BCUT2D eigenvalue weighted by molar-refractivity contribution is 0.0518. The SMILES string of the molecule is CCOC(=O)c1nnn(CCn2ccnc2C)c1CCl. The van der Waals surface area contributed by atoms with Crippen molar-refractivity contribution in [3.05, 3.63) is 29.6 Å². The Kier molecular flexibility index (Phi) is 4.73. The van der Waals surface area contributed by atoms with Gasteiger partial charge in [0.25, 0.3) is 0 Å². The van der Waals surface area contributed by atoms with Crippen molar-refractivity contribution in [2.75, 3.05) is 6.61 Å². The highest BCUT2D eigenvalue weighted by Crippen LogP contribution is 2.11. The Hall–Kier alpha value is -1.89. The van der Waals surface area contributed by atoms with Crippen molar-refractivity contribution in [3.8, 4) is 0 Å². The lowest BCUT2D eigenvalue weighted by Gasteiger charge is -2.07. The number of aromatic nitrogens is 5. The van der Waals surface area contributed by atoms with Crippen LogP contribution in [0.1, 0.15) is 28.9 Å². The summed E-state index contributed by atoms with van der Waals surface area (Å²) in [5, 5.41) is 7.82. The van der Waals surface area contributed by atoms with Crippen LogP contribution in [0.25, 0.3) is 0 Å². The summed E-state index contributed by atoms with van der Waals surface area (Å²) in [5.74, 6) is 0.584. The van der Waals surface area contributed by atoms with Crippen LogP contribution in [0.5, 0.6) is 0 Å². The third-order valence-corrected chi connectivity index (χ3v) is 3.16. The molecule has 0 aliphatic carbocycles. The molecule has 108 valence electrons. The smallest absolute Gasteiger partial charge is 0.360 e. The average Bonchev–Trinajstić information content (AvgIpc) is 3.02. The fourth-order valence-electron chi connectivity index (χ4n) is 1.85. The van der Waals surface area contributed by atoms with Crippen molar-refractivity contribution < 1.29 is 9.53 Å². The van der Waals surface area contributed by atoms with E-state index in [2.05, 4.69) is 15.3 Å². The molecule has 0 radical (unpaired) electrons. The molecule has 2 heterocycles. The first-order valence-corrected chi connectivity index (χ1v) is 6.84. The van der Waals surface area contributed by atoms with Crippen LogP contribution in [0, 0.1) is 6.92 Å². The number of esters is 1. The summed E-state index contributed by atoms with van der Waals surface area (Å²) in [4.78, 5) is 15.9. The molecule has 0 fully saturated rings. The third-order valence-electron chi connectivity index (χ3n) is 2.91. The number of carbonyl (C=O) groups excluding carboxylic acids is 1. The van der Waals surface area contributed by atoms with E-state index in [4.69, 9.17) is 16.3 Å².